The maximum atomic E-state index is 12.6. The fourth-order valence-electron chi connectivity index (χ4n) is 3.79. The van der Waals surface area contributed by atoms with Crippen molar-refractivity contribution in [3.63, 3.8) is 0 Å². The number of aromatic nitrogens is 3. The van der Waals surface area contributed by atoms with Crippen LogP contribution in [0, 0.1) is 6.92 Å². The van der Waals surface area contributed by atoms with Crippen molar-refractivity contribution in [2.24, 2.45) is 0 Å². The van der Waals surface area contributed by atoms with Crippen molar-refractivity contribution in [2.75, 3.05) is 5.32 Å². The third-order valence-electron chi connectivity index (χ3n) is 5.54. The number of rotatable bonds is 7. The summed E-state index contributed by atoms with van der Waals surface area (Å²) < 4.78 is 8.13. The summed E-state index contributed by atoms with van der Waals surface area (Å²) in [6.45, 7) is 2.94. The first-order valence-electron chi connectivity index (χ1n) is 11.1. The van der Waals surface area contributed by atoms with E-state index >= 15 is 0 Å². The van der Waals surface area contributed by atoms with Gasteiger partial charge < -0.3 is 14.6 Å². The normalized spacial score (nSPS) is 10.9. The zero-order valence-electron chi connectivity index (χ0n) is 18.8. The van der Waals surface area contributed by atoms with Crippen LogP contribution in [0.4, 0.5) is 5.69 Å². The zero-order chi connectivity index (χ0) is 23.3. The number of carbonyl (C=O) groups is 1. The number of hydrogen-bond acceptors (Lipinski definition) is 4. The van der Waals surface area contributed by atoms with Gasteiger partial charge in [0.1, 0.15) is 18.1 Å². The first-order valence-corrected chi connectivity index (χ1v) is 11.1. The van der Waals surface area contributed by atoms with Gasteiger partial charge in [-0.1, -0.05) is 48.5 Å². The topological polar surface area (TPSA) is 69.0 Å². The number of hydrogen-bond donors (Lipinski definition) is 1. The van der Waals surface area contributed by atoms with Crippen molar-refractivity contribution >= 4 is 22.6 Å². The minimum Gasteiger partial charge on any atom is -0.487 e. The van der Waals surface area contributed by atoms with E-state index < -0.39 is 0 Å². The lowest BCUT2D eigenvalue weighted by molar-refractivity contribution is 0.102. The van der Waals surface area contributed by atoms with E-state index in [1.165, 1.54) is 0 Å². The number of anilines is 1. The molecule has 2 heterocycles. The van der Waals surface area contributed by atoms with Crippen molar-refractivity contribution in [2.45, 2.75) is 20.1 Å². The van der Waals surface area contributed by atoms with E-state index in [9.17, 15) is 4.79 Å². The summed E-state index contributed by atoms with van der Waals surface area (Å²) >= 11 is 0. The lowest BCUT2D eigenvalue weighted by atomic mass is 10.2. The number of carbonyl (C=O) groups excluding carboxylic acids is 1. The third-order valence-corrected chi connectivity index (χ3v) is 5.54. The molecule has 0 aliphatic rings. The lowest BCUT2D eigenvalue weighted by Crippen LogP contribution is -2.11. The van der Waals surface area contributed by atoms with Gasteiger partial charge in [0.05, 0.1) is 23.9 Å². The molecule has 3 aromatic carbocycles. The van der Waals surface area contributed by atoms with Gasteiger partial charge in [-0.15, -0.1) is 0 Å². The molecular formula is C28H24N4O2. The second-order valence-corrected chi connectivity index (χ2v) is 8.07. The Morgan fingerprint density at radius 2 is 1.71 bits per heavy atom. The fraction of sp³-hybridized carbons (Fsp3) is 0.107. The van der Waals surface area contributed by atoms with Crippen LogP contribution in [0.5, 0.6) is 5.75 Å². The summed E-state index contributed by atoms with van der Waals surface area (Å²) in [7, 11) is 0. The molecule has 5 aromatic rings. The van der Waals surface area contributed by atoms with Crippen molar-refractivity contribution in [3.8, 4) is 5.75 Å². The van der Waals surface area contributed by atoms with Crippen molar-refractivity contribution < 1.29 is 9.53 Å². The Hall–Kier alpha value is -4.45. The van der Waals surface area contributed by atoms with Gasteiger partial charge in [0.15, 0.2) is 0 Å². The number of ether oxygens (including phenoxy) is 1. The highest BCUT2D eigenvalue weighted by Crippen LogP contribution is 2.24. The molecule has 0 bridgehead atoms. The quantitative estimate of drug-likeness (QED) is 0.351. The first-order chi connectivity index (χ1) is 16.7. The average Bonchev–Trinajstić information content (AvgIpc) is 3.26. The zero-order valence-corrected chi connectivity index (χ0v) is 18.8. The van der Waals surface area contributed by atoms with E-state index in [4.69, 9.17) is 9.72 Å². The minimum atomic E-state index is -0.150. The molecule has 1 amide bonds. The van der Waals surface area contributed by atoms with Gasteiger partial charge in [-0.2, -0.15) is 0 Å². The average molecular weight is 449 g/mol. The lowest BCUT2D eigenvalue weighted by Gasteiger charge is -2.13. The van der Waals surface area contributed by atoms with Crippen LogP contribution in [0.15, 0.2) is 97.3 Å². The number of aryl methyl sites for hydroxylation is 1. The van der Waals surface area contributed by atoms with E-state index in [0.717, 1.165) is 33.7 Å². The number of pyridine rings is 1. The summed E-state index contributed by atoms with van der Waals surface area (Å²) in [6.07, 6.45) is 1.79. The molecule has 0 atom stereocenters. The third kappa shape index (κ3) is 4.81. The molecule has 0 saturated carbocycles. The summed E-state index contributed by atoms with van der Waals surface area (Å²) in [5.74, 6) is 0.591. The monoisotopic (exact) mass is 448 g/mol. The number of imidazole rings is 1. The number of amides is 1. The fourth-order valence-corrected chi connectivity index (χ4v) is 3.79. The second-order valence-electron chi connectivity index (χ2n) is 8.07. The number of nitrogens with one attached hydrogen (secondary N) is 1. The van der Waals surface area contributed by atoms with Gasteiger partial charge in [0.25, 0.3) is 5.91 Å². The highest BCUT2D eigenvalue weighted by Gasteiger charge is 2.12. The molecule has 0 aliphatic heterocycles. The standard InChI is InChI=1S/C28H24N4O2/c1-20-12-15-27(34-18-21-8-4-2-5-9-21)25(30-20)17-32-19-29-24-14-13-23(16-26(24)32)31-28(33)22-10-6-3-7-11-22/h2-16,19H,17-18H2,1H3,(H,31,33). The second kappa shape index (κ2) is 9.58. The summed E-state index contributed by atoms with van der Waals surface area (Å²) in [5.41, 5.74) is 5.92. The SMILES string of the molecule is Cc1ccc(OCc2ccccc2)c(Cn2cnc3ccc(NC(=O)c4ccccc4)cc32)n1. The highest BCUT2D eigenvalue weighted by molar-refractivity contribution is 6.04. The van der Waals surface area contributed by atoms with Crippen molar-refractivity contribution in [1.29, 1.82) is 0 Å². The maximum absolute atomic E-state index is 12.6. The number of benzene rings is 3. The van der Waals surface area contributed by atoms with Gasteiger partial charge in [-0.3, -0.25) is 9.78 Å². The van der Waals surface area contributed by atoms with Crippen molar-refractivity contribution in [3.05, 3.63) is 120 Å². The Labute approximate surface area is 197 Å². The Bertz CT molecular complexity index is 1430. The molecule has 6 nitrogen and oxygen atoms in total. The molecule has 0 aliphatic carbocycles. The van der Waals surface area contributed by atoms with Crippen LogP contribution in [0.2, 0.25) is 0 Å². The van der Waals surface area contributed by atoms with E-state index in [0.29, 0.717) is 24.4 Å². The summed E-state index contributed by atoms with van der Waals surface area (Å²) in [4.78, 5) is 21.8. The van der Waals surface area contributed by atoms with Crippen LogP contribution in [0.1, 0.15) is 27.3 Å². The molecule has 5 rings (SSSR count). The van der Waals surface area contributed by atoms with Gasteiger partial charge >= 0.3 is 0 Å². The smallest absolute Gasteiger partial charge is 0.255 e. The van der Waals surface area contributed by atoms with Gasteiger partial charge in [-0.25, -0.2) is 4.98 Å². The van der Waals surface area contributed by atoms with Gasteiger partial charge in [-0.05, 0) is 55.0 Å². The Kier molecular flexibility index (Phi) is 6.03. The summed E-state index contributed by atoms with van der Waals surface area (Å²) in [6, 6.07) is 28.8. The number of nitrogens with zero attached hydrogens (tertiary/aromatic N) is 3. The van der Waals surface area contributed by atoms with E-state index in [1.54, 1.807) is 18.5 Å². The summed E-state index contributed by atoms with van der Waals surface area (Å²) in [5, 5.41) is 2.97. The Morgan fingerprint density at radius 1 is 0.941 bits per heavy atom. The van der Waals surface area contributed by atoms with E-state index in [1.807, 2.05) is 90.4 Å². The molecule has 6 heteroatoms. The molecule has 0 fully saturated rings. The molecule has 34 heavy (non-hydrogen) atoms. The minimum absolute atomic E-state index is 0.150. The predicted octanol–water partition coefficient (Wildman–Crippen LogP) is 5.62. The highest BCUT2D eigenvalue weighted by atomic mass is 16.5. The van der Waals surface area contributed by atoms with E-state index in [2.05, 4.69) is 10.3 Å². The van der Waals surface area contributed by atoms with Gasteiger partial charge in [0, 0.05) is 16.9 Å². The molecule has 2 aromatic heterocycles. The van der Waals surface area contributed by atoms with Crippen LogP contribution < -0.4 is 10.1 Å². The predicted molar refractivity (Wildman–Crippen MR) is 133 cm³/mol. The molecular weight excluding hydrogens is 424 g/mol. The molecule has 0 radical (unpaired) electrons. The molecule has 168 valence electrons. The van der Waals surface area contributed by atoms with E-state index in [-0.39, 0.29) is 5.91 Å². The van der Waals surface area contributed by atoms with Gasteiger partial charge in [0.2, 0.25) is 0 Å². The number of fused-ring (bicyclic) bond motifs is 1. The maximum Gasteiger partial charge on any atom is 0.255 e. The molecule has 0 spiro atoms. The Balaban J connectivity index is 1.39. The molecule has 1 N–H and O–H groups in total. The largest absolute Gasteiger partial charge is 0.487 e. The molecule has 0 saturated heterocycles. The van der Waals surface area contributed by atoms with Crippen LogP contribution in [0.3, 0.4) is 0 Å². The van der Waals surface area contributed by atoms with Crippen molar-refractivity contribution in [1.82, 2.24) is 14.5 Å². The Morgan fingerprint density at radius 3 is 2.50 bits per heavy atom. The van der Waals surface area contributed by atoms with Crippen LogP contribution >= 0.6 is 0 Å². The first kappa shape index (κ1) is 21.4. The van der Waals surface area contributed by atoms with Crippen LogP contribution in [-0.2, 0) is 13.2 Å². The van der Waals surface area contributed by atoms with Crippen LogP contribution in [0.25, 0.3) is 11.0 Å². The van der Waals surface area contributed by atoms with Crippen LogP contribution in [-0.4, -0.2) is 20.4 Å². The molecule has 0 unspecified atom stereocenters.